The molecule has 5 heterocycles. The number of fused-ring (bicyclic) bond motifs is 1. The molecule has 11 heteroatoms. The van der Waals surface area contributed by atoms with Crippen LogP contribution in [-0.2, 0) is 6.54 Å². The molecule has 3 aromatic heterocycles. The van der Waals surface area contributed by atoms with Crippen LogP contribution >= 0.6 is 11.3 Å². The molecule has 40 heavy (non-hydrogen) atoms. The zero-order valence-corrected chi connectivity index (χ0v) is 23.4. The highest BCUT2D eigenvalue weighted by Gasteiger charge is 2.24. The molecule has 2 amide bonds. The molecule has 2 aliphatic heterocycles. The molecule has 0 saturated carbocycles. The number of likely N-dealkylation sites (tertiary alicyclic amines) is 1. The van der Waals surface area contributed by atoms with E-state index in [-0.39, 0.29) is 17.8 Å². The number of ether oxygens (including phenoxy) is 1. The number of halogens is 1. The molecular weight excluding hydrogens is 529 g/mol. The zero-order valence-electron chi connectivity index (χ0n) is 22.6. The Morgan fingerprint density at radius 1 is 1.02 bits per heavy atom. The SMILES string of the molecule is CN1CCN(Cc2ccc(-c3cc4nccc(Oc5ccc(NC(=O)NC6CN(C)C6)cc5F)c4s3)nc2)CC1. The van der Waals surface area contributed by atoms with Crippen LogP contribution < -0.4 is 15.4 Å². The van der Waals surface area contributed by atoms with Crippen LogP contribution in [0.25, 0.3) is 20.8 Å². The van der Waals surface area contributed by atoms with Gasteiger partial charge in [-0.05, 0) is 43.9 Å². The largest absolute Gasteiger partial charge is 0.453 e. The first kappa shape index (κ1) is 26.6. The van der Waals surface area contributed by atoms with Crippen LogP contribution in [0.4, 0.5) is 14.9 Å². The summed E-state index contributed by atoms with van der Waals surface area (Å²) in [6.07, 6.45) is 3.59. The summed E-state index contributed by atoms with van der Waals surface area (Å²) < 4.78 is 21.7. The molecule has 208 valence electrons. The summed E-state index contributed by atoms with van der Waals surface area (Å²) in [5.41, 5.74) is 3.18. The second-order valence-corrected chi connectivity index (χ2v) is 11.6. The average molecular weight is 562 g/mol. The van der Waals surface area contributed by atoms with E-state index in [4.69, 9.17) is 9.72 Å². The van der Waals surface area contributed by atoms with Gasteiger partial charge in [-0.1, -0.05) is 6.07 Å². The average Bonchev–Trinajstić information content (AvgIpc) is 3.36. The van der Waals surface area contributed by atoms with Crippen molar-refractivity contribution >= 4 is 33.3 Å². The summed E-state index contributed by atoms with van der Waals surface area (Å²) in [6.45, 7) is 6.81. The Balaban J connectivity index is 1.13. The lowest BCUT2D eigenvalue weighted by atomic mass is 10.1. The van der Waals surface area contributed by atoms with Gasteiger partial charge in [0.2, 0.25) is 0 Å². The van der Waals surface area contributed by atoms with E-state index >= 15 is 0 Å². The number of rotatable bonds is 7. The van der Waals surface area contributed by atoms with Crippen molar-refractivity contribution in [3.8, 4) is 22.1 Å². The molecule has 2 N–H and O–H groups in total. The molecule has 2 saturated heterocycles. The molecule has 0 unspecified atom stereocenters. The van der Waals surface area contributed by atoms with Crippen molar-refractivity contribution < 1.29 is 13.9 Å². The fraction of sp³-hybridized carbons (Fsp3) is 0.345. The minimum absolute atomic E-state index is 0.0698. The number of anilines is 1. The molecule has 0 aliphatic carbocycles. The number of pyridine rings is 2. The standard InChI is InChI=1S/C29H32FN7O2S/c1-35-9-11-37(12-10-35)16-19-3-5-23(32-15-19)27-14-24-28(40-27)26(7-8-31-24)39-25-6-4-20(13-22(25)30)33-29(38)34-21-17-36(2)18-21/h3-8,13-15,21H,9-12,16-18H2,1-2H3,(H2,33,34,38). The van der Waals surface area contributed by atoms with Gasteiger partial charge in [-0.2, -0.15) is 0 Å². The van der Waals surface area contributed by atoms with Gasteiger partial charge in [0.05, 0.1) is 26.8 Å². The fourth-order valence-corrected chi connectivity index (χ4v) is 6.01. The van der Waals surface area contributed by atoms with Crippen molar-refractivity contribution in [2.45, 2.75) is 12.6 Å². The smallest absolute Gasteiger partial charge is 0.319 e. The predicted octanol–water partition coefficient (Wildman–Crippen LogP) is 4.47. The van der Waals surface area contributed by atoms with Gasteiger partial charge in [0.15, 0.2) is 11.6 Å². The van der Waals surface area contributed by atoms with E-state index in [1.807, 2.05) is 25.4 Å². The molecule has 0 spiro atoms. The number of benzene rings is 1. The number of amides is 2. The molecular formula is C29H32FN7O2S. The topological polar surface area (TPSA) is 85.9 Å². The van der Waals surface area contributed by atoms with Crippen LogP contribution in [0, 0.1) is 5.82 Å². The maximum Gasteiger partial charge on any atom is 0.319 e. The number of likely N-dealkylation sites (N-methyl/N-ethyl adjacent to an activating group) is 2. The molecule has 9 nitrogen and oxygen atoms in total. The third-order valence-electron chi connectivity index (χ3n) is 7.26. The Morgan fingerprint density at radius 3 is 2.58 bits per heavy atom. The second-order valence-electron chi connectivity index (χ2n) is 10.5. The van der Waals surface area contributed by atoms with Gasteiger partial charge in [0, 0.05) is 76.0 Å². The Bertz CT molecular complexity index is 1500. The monoisotopic (exact) mass is 561 g/mol. The fourth-order valence-electron chi connectivity index (χ4n) is 4.97. The molecule has 0 atom stereocenters. The van der Waals surface area contributed by atoms with Gasteiger partial charge in [0.1, 0.15) is 5.75 Å². The van der Waals surface area contributed by atoms with E-state index in [1.54, 1.807) is 18.3 Å². The molecule has 0 radical (unpaired) electrons. The van der Waals surface area contributed by atoms with Crippen LogP contribution in [0.2, 0.25) is 0 Å². The van der Waals surface area contributed by atoms with E-state index < -0.39 is 5.82 Å². The molecule has 0 bridgehead atoms. The summed E-state index contributed by atoms with van der Waals surface area (Å²) in [6, 6.07) is 12.0. The zero-order chi connectivity index (χ0) is 27.6. The number of nitrogens with zero attached hydrogens (tertiary/aromatic N) is 5. The summed E-state index contributed by atoms with van der Waals surface area (Å²) in [4.78, 5) is 29.3. The first-order valence-corrected chi connectivity index (χ1v) is 14.2. The van der Waals surface area contributed by atoms with Crippen LogP contribution in [0.5, 0.6) is 11.5 Å². The maximum atomic E-state index is 14.9. The number of carbonyl (C=O) groups excluding carboxylic acids is 1. The van der Waals surface area contributed by atoms with E-state index in [0.29, 0.717) is 11.4 Å². The quantitative estimate of drug-likeness (QED) is 0.344. The first-order chi connectivity index (χ1) is 19.4. The normalized spacial score (nSPS) is 17.1. The number of carbonyl (C=O) groups is 1. The number of piperazine rings is 1. The van der Waals surface area contributed by atoms with E-state index in [0.717, 1.165) is 66.6 Å². The molecule has 2 aliphatic rings. The van der Waals surface area contributed by atoms with Gasteiger partial charge in [-0.25, -0.2) is 9.18 Å². The predicted molar refractivity (Wildman–Crippen MR) is 156 cm³/mol. The van der Waals surface area contributed by atoms with Gasteiger partial charge >= 0.3 is 6.03 Å². The minimum atomic E-state index is -0.569. The molecule has 4 aromatic rings. The van der Waals surface area contributed by atoms with Crippen molar-refractivity contribution in [3.05, 3.63) is 66.2 Å². The third-order valence-corrected chi connectivity index (χ3v) is 8.43. The number of urea groups is 1. The summed E-state index contributed by atoms with van der Waals surface area (Å²) in [5, 5.41) is 5.55. The van der Waals surface area contributed by atoms with Crippen LogP contribution in [0.3, 0.4) is 0 Å². The number of aromatic nitrogens is 2. The van der Waals surface area contributed by atoms with E-state index in [2.05, 4.69) is 43.4 Å². The minimum Gasteiger partial charge on any atom is -0.453 e. The van der Waals surface area contributed by atoms with Gasteiger partial charge in [-0.15, -0.1) is 11.3 Å². The Hall–Kier alpha value is -3.64. The highest BCUT2D eigenvalue weighted by molar-refractivity contribution is 7.22. The van der Waals surface area contributed by atoms with Crippen molar-refractivity contribution in [1.29, 1.82) is 0 Å². The van der Waals surface area contributed by atoms with Gasteiger partial charge in [-0.3, -0.25) is 14.9 Å². The van der Waals surface area contributed by atoms with Crippen LogP contribution in [0.15, 0.2) is 54.9 Å². The number of nitrogens with one attached hydrogen (secondary N) is 2. The maximum absolute atomic E-state index is 14.9. The third kappa shape index (κ3) is 6.07. The number of hydrogen-bond acceptors (Lipinski definition) is 8. The van der Waals surface area contributed by atoms with Crippen LogP contribution in [-0.4, -0.2) is 90.1 Å². The lowest BCUT2D eigenvalue weighted by Crippen LogP contribution is -2.58. The highest BCUT2D eigenvalue weighted by atomic mass is 32.1. The van der Waals surface area contributed by atoms with E-state index in [9.17, 15) is 9.18 Å². The lowest BCUT2D eigenvalue weighted by molar-refractivity contribution is 0.148. The van der Waals surface area contributed by atoms with Crippen molar-refractivity contribution in [2.24, 2.45) is 0 Å². The molecule has 1 aromatic carbocycles. The summed E-state index contributed by atoms with van der Waals surface area (Å²) >= 11 is 1.51. The molecule has 6 rings (SSSR count). The second kappa shape index (κ2) is 11.5. The van der Waals surface area contributed by atoms with E-state index in [1.165, 1.54) is 29.0 Å². The van der Waals surface area contributed by atoms with Gasteiger partial charge in [0.25, 0.3) is 0 Å². The first-order valence-electron chi connectivity index (χ1n) is 13.4. The Labute approximate surface area is 236 Å². The Kier molecular flexibility index (Phi) is 7.61. The lowest BCUT2D eigenvalue weighted by Gasteiger charge is -2.36. The van der Waals surface area contributed by atoms with Gasteiger partial charge < -0.3 is 25.2 Å². The Morgan fingerprint density at radius 2 is 1.85 bits per heavy atom. The highest BCUT2D eigenvalue weighted by Crippen LogP contribution is 2.39. The molecule has 2 fully saturated rings. The van der Waals surface area contributed by atoms with Crippen molar-refractivity contribution in [1.82, 2.24) is 30.0 Å². The van der Waals surface area contributed by atoms with Crippen molar-refractivity contribution in [3.63, 3.8) is 0 Å². The summed E-state index contributed by atoms with van der Waals surface area (Å²) in [7, 11) is 4.15. The summed E-state index contributed by atoms with van der Waals surface area (Å²) in [5.74, 6) is 0.0142. The number of hydrogen-bond donors (Lipinski definition) is 2. The van der Waals surface area contributed by atoms with Crippen molar-refractivity contribution in [2.75, 3.05) is 58.7 Å². The number of thiophene rings is 1. The van der Waals surface area contributed by atoms with Crippen LogP contribution in [0.1, 0.15) is 5.56 Å².